The number of phosphoric acid groups is 1. The Morgan fingerprint density at radius 2 is 1.13 bits per heavy atom. The van der Waals surface area contributed by atoms with Gasteiger partial charge in [-0.05, 0) is 77.0 Å². The third-order valence-corrected chi connectivity index (χ3v) is 9.46. The van der Waals surface area contributed by atoms with Gasteiger partial charge < -0.3 is 29.7 Å². The van der Waals surface area contributed by atoms with Crippen LogP contribution in [-0.4, -0.2) is 76.9 Å². The van der Waals surface area contributed by atoms with Gasteiger partial charge in [0.1, 0.15) is 12.7 Å². The highest BCUT2D eigenvalue weighted by atomic mass is 31.2. The second-order valence-electron chi connectivity index (χ2n) is 14.2. The van der Waals surface area contributed by atoms with Crippen molar-refractivity contribution in [3.63, 3.8) is 0 Å². The van der Waals surface area contributed by atoms with Crippen LogP contribution in [0.15, 0.2) is 109 Å². The van der Waals surface area contributed by atoms with Gasteiger partial charge in [0.2, 0.25) is 0 Å². The summed E-state index contributed by atoms with van der Waals surface area (Å²) in [4.78, 5) is 35.0. The quantitative estimate of drug-likeness (QED) is 0.0153. The van der Waals surface area contributed by atoms with E-state index in [9.17, 15) is 29.3 Å². The van der Waals surface area contributed by atoms with E-state index in [1.165, 1.54) is 38.5 Å². The zero-order valence-corrected chi connectivity index (χ0v) is 37.4. The van der Waals surface area contributed by atoms with Crippen molar-refractivity contribution in [2.45, 2.75) is 154 Å². The highest BCUT2D eigenvalue weighted by Gasteiger charge is 2.27. The summed E-state index contributed by atoms with van der Waals surface area (Å²) in [5.41, 5.74) is 0. The first-order valence-corrected chi connectivity index (χ1v) is 23.4. The Balaban J connectivity index is 4.61. The minimum atomic E-state index is -4.68. The average molecular weight is 861 g/mol. The predicted octanol–water partition coefficient (Wildman–Crippen LogP) is 10.7. The minimum absolute atomic E-state index is 0.0179. The van der Waals surface area contributed by atoms with Gasteiger partial charge in [0, 0.05) is 12.8 Å². The fraction of sp³-hybridized carbons (Fsp3) is 0.583. The van der Waals surface area contributed by atoms with Crippen molar-refractivity contribution in [2.24, 2.45) is 0 Å². The highest BCUT2D eigenvalue weighted by Crippen LogP contribution is 2.43. The summed E-state index contributed by atoms with van der Waals surface area (Å²) >= 11 is 0. The molecule has 0 aliphatic heterocycles. The molecule has 12 heteroatoms. The molecule has 0 saturated heterocycles. The Morgan fingerprint density at radius 1 is 0.583 bits per heavy atom. The molecule has 0 heterocycles. The van der Waals surface area contributed by atoms with Crippen LogP contribution in [0.4, 0.5) is 0 Å². The second-order valence-corrected chi connectivity index (χ2v) is 15.6. The molecule has 0 radical (unpaired) electrons. The van der Waals surface area contributed by atoms with Gasteiger partial charge in [0.25, 0.3) is 0 Å². The summed E-state index contributed by atoms with van der Waals surface area (Å²) < 4.78 is 32.5. The van der Waals surface area contributed by atoms with Gasteiger partial charge in [0.05, 0.1) is 25.9 Å². The molecule has 0 saturated carbocycles. The van der Waals surface area contributed by atoms with Gasteiger partial charge in [-0.25, -0.2) is 4.57 Å². The normalized spacial score (nSPS) is 15.4. The standard InChI is InChI=1S/C48H77O11P/c1-3-5-7-9-11-13-15-17-18-19-20-22-24-26-28-30-34-39-48(53)59-46(43-58-60(54,55)57-41-45(51)40-49)42-56-47(52)38-35-31-33-37-44(50)36-32-29-27-25-23-21-16-14-12-10-8-6-4-2/h6,8,12,14,17-18,20-23,26-29,31-33,36,44-46,49-51H,3-5,7,9-11,13,15-16,19,24-25,30,34-35,37-43H2,1-2H3,(H,54,55)/b8-6-,14-12-,18-17-,22-20-,23-21-,28-26-,29-27-,33-31-,36-32-/t44?,45-,46+/m0/s1. The lowest BCUT2D eigenvalue weighted by Gasteiger charge is -2.20. The summed E-state index contributed by atoms with van der Waals surface area (Å²) in [6.45, 7) is 1.97. The minimum Gasteiger partial charge on any atom is -0.462 e. The van der Waals surface area contributed by atoms with Gasteiger partial charge in [-0.15, -0.1) is 0 Å². The number of aliphatic hydroxyl groups is 3. The summed E-state index contributed by atoms with van der Waals surface area (Å²) in [7, 11) is -4.68. The average Bonchev–Trinajstić information content (AvgIpc) is 3.23. The molecule has 0 aliphatic rings. The molecule has 11 nitrogen and oxygen atoms in total. The van der Waals surface area contributed by atoms with E-state index in [2.05, 4.69) is 79.1 Å². The molecule has 0 spiro atoms. The van der Waals surface area contributed by atoms with Crippen molar-refractivity contribution in [1.82, 2.24) is 0 Å². The van der Waals surface area contributed by atoms with Gasteiger partial charge in [-0.1, -0.05) is 155 Å². The lowest BCUT2D eigenvalue weighted by Crippen LogP contribution is -2.29. The molecular weight excluding hydrogens is 783 g/mol. The van der Waals surface area contributed by atoms with E-state index in [1.54, 1.807) is 24.3 Å². The SMILES string of the molecule is CC/C=C\C/C=C\C/C=C\C/C=C\C=C/C(O)C/C=C\CCC(=O)OC[C@H](COP(=O)(O)OC[C@@H](O)CO)OC(=O)CCC/C=C\C/C=C\C/C=C\CCCCCCCC. The fourth-order valence-corrected chi connectivity index (χ4v) is 5.91. The monoisotopic (exact) mass is 861 g/mol. The molecule has 0 rings (SSSR count). The van der Waals surface area contributed by atoms with E-state index >= 15 is 0 Å². The first kappa shape index (κ1) is 56.6. The van der Waals surface area contributed by atoms with E-state index < -0.39 is 64.5 Å². The maximum Gasteiger partial charge on any atom is 0.472 e. The van der Waals surface area contributed by atoms with Crippen LogP contribution in [0.3, 0.4) is 0 Å². The van der Waals surface area contributed by atoms with Crippen LogP contribution in [-0.2, 0) is 32.7 Å². The highest BCUT2D eigenvalue weighted by molar-refractivity contribution is 7.47. The summed E-state index contributed by atoms with van der Waals surface area (Å²) in [6, 6.07) is 0. The van der Waals surface area contributed by atoms with E-state index in [0.717, 1.165) is 44.9 Å². The van der Waals surface area contributed by atoms with E-state index in [1.807, 2.05) is 24.3 Å². The van der Waals surface area contributed by atoms with E-state index in [4.69, 9.17) is 19.1 Å². The third-order valence-electron chi connectivity index (χ3n) is 8.51. The van der Waals surface area contributed by atoms with Gasteiger partial charge in [-0.3, -0.25) is 18.6 Å². The molecule has 60 heavy (non-hydrogen) atoms. The molecule has 0 aliphatic carbocycles. The molecule has 4 atom stereocenters. The zero-order chi connectivity index (χ0) is 44.2. The van der Waals surface area contributed by atoms with Crippen LogP contribution in [0.25, 0.3) is 0 Å². The summed E-state index contributed by atoms with van der Waals surface area (Å²) in [5.74, 6) is -1.18. The number of ether oxygens (including phenoxy) is 2. The third kappa shape index (κ3) is 41.3. The second kappa shape index (κ2) is 42.3. The smallest absolute Gasteiger partial charge is 0.462 e. The Morgan fingerprint density at radius 3 is 1.77 bits per heavy atom. The number of hydrogen-bond acceptors (Lipinski definition) is 10. The number of aliphatic hydroxyl groups excluding tert-OH is 3. The van der Waals surface area contributed by atoms with Crippen LogP contribution in [0.5, 0.6) is 0 Å². The Kier molecular flexibility index (Phi) is 39.9. The molecule has 0 aromatic rings. The number of allylic oxidation sites excluding steroid dienone is 16. The van der Waals surface area contributed by atoms with Crippen LogP contribution in [0, 0.1) is 0 Å². The molecular formula is C48H77O11P. The molecule has 0 aromatic heterocycles. The maximum absolute atomic E-state index is 12.6. The number of rotatable bonds is 39. The zero-order valence-electron chi connectivity index (χ0n) is 36.5. The van der Waals surface area contributed by atoms with Crippen LogP contribution >= 0.6 is 7.82 Å². The van der Waals surface area contributed by atoms with Crippen LogP contribution < -0.4 is 0 Å². The maximum atomic E-state index is 12.6. The first-order valence-electron chi connectivity index (χ1n) is 22.0. The lowest BCUT2D eigenvalue weighted by atomic mass is 10.1. The van der Waals surface area contributed by atoms with Crippen LogP contribution in [0.1, 0.15) is 136 Å². The van der Waals surface area contributed by atoms with Crippen molar-refractivity contribution in [1.29, 1.82) is 0 Å². The predicted molar refractivity (Wildman–Crippen MR) is 243 cm³/mol. The van der Waals surface area contributed by atoms with Gasteiger partial charge >= 0.3 is 19.8 Å². The molecule has 0 amide bonds. The molecule has 0 bridgehead atoms. The Labute approximate surface area is 361 Å². The number of phosphoric ester groups is 1. The number of esters is 2. The van der Waals surface area contributed by atoms with E-state index in [-0.39, 0.29) is 12.8 Å². The van der Waals surface area contributed by atoms with Crippen molar-refractivity contribution < 1.29 is 52.9 Å². The Hall–Kier alpha value is -3.41. The number of hydrogen-bond donors (Lipinski definition) is 4. The largest absolute Gasteiger partial charge is 0.472 e. The number of carbonyl (C=O) groups is 2. The number of carbonyl (C=O) groups excluding carboxylic acids is 2. The molecule has 4 N–H and O–H groups in total. The fourth-order valence-electron chi connectivity index (χ4n) is 5.12. The molecule has 340 valence electrons. The molecule has 0 fully saturated rings. The van der Waals surface area contributed by atoms with Crippen LogP contribution in [0.2, 0.25) is 0 Å². The van der Waals surface area contributed by atoms with Gasteiger partial charge in [0.15, 0.2) is 6.10 Å². The summed E-state index contributed by atoms with van der Waals surface area (Å²) in [5, 5.41) is 28.5. The topological polar surface area (TPSA) is 169 Å². The van der Waals surface area contributed by atoms with Crippen molar-refractivity contribution in [2.75, 3.05) is 26.4 Å². The Bertz CT molecular complexity index is 1380. The summed E-state index contributed by atoms with van der Waals surface area (Å²) in [6.07, 6.45) is 49.5. The number of unbranched alkanes of at least 4 members (excludes halogenated alkanes) is 7. The molecule has 2 unspecified atom stereocenters. The van der Waals surface area contributed by atoms with E-state index in [0.29, 0.717) is 25.7 Å². The van der Waals surface area contributed by atoms with Crippen molar-refractivity contribution in [3.8, 4) is 0 Å². The van der Waals surface area contributed by atoms with Crippen molar-refractivity contribution in [3.05, 3.63) is 109 Å². The molecule has 0 aromatic carbocycles. The van der Waals surface area contributed by atoms with Crippen molar-refractivity contribution >= 4 is 19.8 Å². The lowest BCUT2D eigenvalue weighted by molar-refractivity contribution is -0.161. The first-order chi connectivity index (χ1) is 29.1. The van der Waals surface area contributed by atoms with Gasteiger partial charge in [-0.2, -0.15) is 0 Å².